The molecule has 9 heteroatoms. The molecule has 1 aromatic heterocycles. The molecule has 29 heavy (non-hydrogen) atoms. The minimum absolute atomic E-state index is 0.0192. The Morgan fingerprint density at radius 3 is 2.34 bits per heavy atom. The number of aromatic nitrogens is 2. The van der Waals surface area contributed by atoms with Crippen LogP contribution >= 0.6 is 11.6 Å². The number of carbonyl (C=O) groups excluding carboxylic acids is 1. The van der Waals surface area contributed by atoms with Gasteiger partial charge in [0.05, 0.1) is 6.42 Å². The summed E-state index contributed by atoms with van der Waals surface area (Å²) in [6.07, 6.45) is -1.45. The van der Waals surface area contributed by atoms with Crippen LogP contribution < -0.4 is 4.74 Å². The number of ether oxygens (including phenoxy) is 2. The van der Waals surface area contributed by atoms with Crippen LogP contribution in [0, 0.1) is 0 Å². The van der Waals surface area contributed by atoms with E-state index in [-0.39, 0.29) is 18.8 Å². The van der Waals surface area contributed by atoms with Crippen molar-refractivity contribution in [2.45, 2.75) is 25.9 Å². The summed E-state index contributed by atoms with van der Waals surface area (Å²) in [7, 11) is 0. The van der Waals surface area contributed by atoms with Crippen molar-refractivity contribution in [2.24, 2.45) is 0 Å². The monoisotopic (exact) mass is 424 g/mol. The van der Waals surface area contributed by atoms with Crippen molar-refractivity contribution in [2.75, 3.05) is 0 Å². The summed E-state index contributed by atoms with van der Waals surface area (Å²) in [5.41, 5.74) is 1.52. The van der Waals surface area contributed by atoms with Crippen LogP contribution in [0.4, 0.5) is 13.2 Å². The Kier molecular flexibility index (Phi) is 6.43. The average Bonchev–Trinajstić information content (AvgIpc) is 3.09. The molecule has 0 fully saturated rings. The van der Waals surface area contributed by atoms with Crippen molar-refractivity contribution in [3.63, 3.8) is 0 Å². The van der Waals surface area contributed by atoms with E-state index in [0.717, 1.165) is 17.7 Å². The van der Waals surface area contributed by atoms with Gasteiger partial charge < -0.3 is 14.0 Å². The molecule has 0 aliphatic heterocycles. The van der Waals surface area contributed by atoms with Gasteiger partial charge in [0.15, 0.2) is 0 Å². The maximum atomic E-state index is 12.2. The first-order valence-corrected chi connectivity index (χ1v) is 8.91. The zero-order chi connectivity index (χ0) is 20.9. The van der Waals surface area contributed by atoms with Crippen LogP contribution in [0.15, 0.2) is 60.9 Å². The Hall–Kier alpha value is -3.00. The number of alkyl halides is 3. The van der Waals surface area contributed by atoms with Crippen molar-refractivity contribution in [1.29, 1.82) is 0 Å². The molecule has 0 atom stereocenters. The van der Waals surface area contributed by atoms with Gasteiger partial charge in [0.25, 0.3) is 0 Å². The van der Waals surface area contributed by atoms with Crippen LogP contribution in [0.25, 0.3) is 0 Å². The fourth-order valence-corrected chi connectivity index (χ4v) is 2.71. The second-order valence-corrected chi connectivity index (χ2v) is 6.56. The number of carbonyl (C=O) groups is 1. The predicted molar refractivity (Wildman–Crippen MR) is 99.4 cm³/mol. The summed E-state index contributed by atoms with van der Waals surface area (Å²) in [6, 6.07) is 12.4. The van der Waals surface area contributed by atoms with E-state index in [1.165, 1.54) is 12.1 Å². The van der Waals surface area contributed by atoms with E-state index in [9.17, 15) is 18.0 Å². The average molecular weight is 425 g/mol. The Bertz CT molecular complexity index is 954. The van der Waals surface area contributed by atoms with Crippen LogP contribution in [0.3, 0.4) is 0 Å². The first kappa shape index (κ1) is 20.7. The molecule has 0 saturated carbocycles. The van der Waals surface area contributed by atoms with Crippen molar-refractivity contribution >= 4 is 17.6 Å². The Labute approximate surface area is 169 Å². The Morgan fingerprint density at radius 2 is 1.69 bits per heavy atom. The first-order chi connectivity index (χ1) is 13.8. The molecular weight excluding hydrogens is 409 g/mol. The third-order valence-corrected chi connectivity index (χ3v) is 4.19. The number of esters is 1. The fourth-order valence-electron chi connectivity index (χ4n) is 2.58. The second kappa shape index (κ2) is 9.00. The molecule has 0 radical (unpaired) electrons. The molecule has 0 amide bonds. The number of imidazole rings is 1. The van der Waals surface area contributed by atoms with E-state index in [4.69, 9.17) is 16.3 Å². The van der Waals surface area contributed by atoms with E-state index in [1.54, 1.807) is 24.5 Å². The molecule has 3 rings (SSSR count). The van der Waals surface area contributed by atoms with Gasteiger partial charge in [-0.25, -0.2) is 4.98 Å². The van der Waals surface area contributed by atoms with Crippen molar-refractivity contribution in [1.82, 2.24) is 9.55 Å². The third kappa shape index (κ3) is 6.53. The zero-order valence-electron chi connectivity index (χ0n) is 15.0. The van der Waals surface area contributed by atoms with Crippen molar-refractivity contribution in [3.8, 4) is 5.75 Å². The molecule has 2 aromatic carbocycles. The van der Waals surface area contributed by atoms with Crippen LogP contribution in [-0.4, -0.2) is 21.9 Å². The van der Waals surface area contributed by atoms with E-state index in [0.29, 0.717) is 23.0 Å². The molecule has 0 saturated heterocycles. The smallest absolute Gasteiger partial charge is 0.457 e. The normalized spacial score (nSPS) is 11.3. The largest absolute Gasteiger partial charge is 0.573 e. The lowest BCUT2D eigenvalue weighted by molar-refractivity contribution is -0.274. The maximum Gasteiger partial charge on any atom is 0.573 e. The molecule has 1 heterocycles. The summed E-state index contributed by atoms with van der Waals surface area (Å²) < 4.78 is 47.4. The van der Waals surface area contributed by atoms with E-state index >= 15 is 0 Å². The highest BCUT2D eigenvalue weighted by Gasteiger charge is 2.30. The standard InChI is InChI=1S/C20H16ClF3N2O3/c21-16-5-1-15(2-6-16)12-26-10-9-25-18(26)13-28-19(27)11-14-3-7-17(8-4-14)29-20(22,23)24/h1-10H,11-13H2. The maximum absolute atomic E-state index is 12.2. The number of halogens is 4. The van der Waals surface area contributed by atoms with Crippen LogP contribution in [0.2, 0.25) is 5.02 Å². The van der Waals surface area contributed by atoms with Crippen molar-refractivity contribution in [3.05, 3.63) is 82.9 Å². The highest BCUT2D eigenvalue weighted by atomic mass is 35.5. The molecule has 0 unspecified atom stereocenters. The number of benzene rings is 2. The number of hydrogen-bond acceptors (Lipinski definition) is 4. The summed E-state index contributed by atoms with van der Waals surface area (Å²) in [4.78, 5) is 16.2. The SMILES string of the molecule is O=C(Cc1ccc(OC(F)(F)F)cc1)OCc1nccn1Cc1ccc(Cl)cc1. The number of nitrogens with zero attached hydrogens (tertiary/aromatic N) is 2. The molecule has 152 valence electrons. The van der Waals surface area contributed by atoms with Crippen LogP contribution in [0.1, 0.15) is 17.0 Å². The summed E-state index contributed by atoms with van der Waals surface area (Å²) in [6.45, 7) is 0.527. The number of hydrogen-bond donors (Lipinski definition) is 0. The Morgan fingerprint density at radius 1 is 1.03 bits per heavy atom. The van der Waals surface area contributed by atoms with Gasteiger partial charge in [-0.15, -0.1) is 13.2 Å². The molecule has 0 aliphatic rings. The van der Waals surface area contributed by atoms with E-state index in [1.807, 2.05) is 16.7 Å². The topological polar surface area (TPSA) is 53.4 Å². The van der Waals surface area contributed by atoms with Gasteiger partial charge in [0.2, 0.25) is 0 Å². The summed E-state index contributed by atoms with van der Waals surface area (Å²) >= 11 is 5.88. The molecule has 3 aromatic rings. The van der Waals surface area contributed by atoms with Gasteiger partial charge in [0, 0.05) is 24.0 Å². The molecule has 0 bridgehead atoms. The van der Waals surface area contributed by atoms with Crippen LogP contribution in [-0.2, 0) is 29.1 Å². The lowest BCUT2D eigenvalue weighted by Crippen LogP contribution is -2.17. The second-order valence-electron chi connectivity index (χ2n) is 6.13. The Balaban J connectivity index is 1.52. The van der Waals surface area contributed by atoms with E-state index < -0.39 is 12.3 Å². The quantitative estimate of drug-likeness (QED) is 0.513. The molecule has 0 spiro atoms. The van der Waals surface area contributed by atoms with E-state index in [2.05, 4.69) is 9.72 Å². The minimum atomic E-state index is -4.76. The summed E-state index contributed by atoms with van der Waals surface area (Å²) in [5, 5.41) is 0.645. The molecular formula is C20H16ClF3N2O3. The van der Waals surface area contributed by atoms with Gasteiger partial charge in [-0.3, -0.25) is 4.79 Å². The van der Waals surface area contributed by atoms with Gasteiger partial charge >= 0.3 is 12.3 Å². The lowest BCUT2D eigenvalue weighted by Gasteiger charge is -2.10. The minimum Gasteiger partial charge on any atom is -0.457 e. The molecule has 5 nitrogen and oxygen atoms in total. The highest BCUT2D eigenvalue weighted by molar-refractivity contribution is 6.30. The van der Waals surface area contributed by atoms with Gasteiger partial charge in [0.1, 0.15) is 18.2 Å². The van der Waals surface area contributed by atoms with Gasteiger partial charge in [-0.2, -0.15) is 0 Å². The highest BCUT2D eigenvalue weighted by Crippen LogP contribution is 2.23. The first-order valence-electron chi connectivity index (χ1n) is 8.53. The van der Waals surface area contributed by atoms with Crippen LogP contribution in [0.5, 0.6) is 5.75 Å². The lowest BCUT2D eigenvalue weighted by atomic mass is 10.1. The molecule has 0 N–H and O–H groups in total. The summed E-state index contributed by atoms with van der Waals surface area (Å²) in [5.74, 6) is -0.295. The predicted octanol–water partition coefficient (Wildman–Crippen LogP) is 4.77. The molecule has 0 aliphatic carbocycles. The zero-order valence-corrected chi connectivity index (χ0v) is 15.8. The fraction of sp³-hybridized carbons (Fsp3) is 0.200. The van der Waals surface area contributed by atoms with Gasteiger partial charge in [-0.1, -0.05) is 35.9 Å². The third-order valence-electron chi connectivity index (χ3n) is 3.94. The number of rotatable bonds is 7. The van der Waals surface area contributed by atoms with Gasteiger partial charge in [-0.05, 0) is 35.4 Å². The van der Waals surface area contributed by atoms with Crippen molar-refractivity contribution < 1.29 is 27.4 Å².